The van der Waals surface area contributed by atoms with E-state index in [9.17, 15) is 0 Å². The van der Waals surface area contributed by atoms with Crippen molar-refractivity contribution in [2.75, 3.05) is 6.54 Å². The van der Waals surface area contributed by atoms with Crippen LogP contribution in [0.4, 0.5) is 0 Å². The van der Waals surface area contributed by atoms with E-state index in [4.69, 9.17) is 5.73 Å². The summed E-state index contributed by atoms with van der Waals surface area (Å²) in [7, 11) is 0. The van der Waals surface area contributed by atoms with Crippen molar-refractivity contribution in [1.82, 2.24) is 5.32 Å². The van der Waals surface area contributed by atoms with Crippen molar-refractivity contribution in [3.05, 3.63) is 12.2 Å². The molecule has 0 saturated heterocycles. The van der Waals surface area contributed by atoms with Crippen LogP contribution in [0.15, 0.2) is 12.2 Å². The molecule has 3 aliphatic carbocycles. The van der Waals surface area contributed by atoms with Gasteiger partial charge in [0.1, 0.15) is 0 Å². The Morgan fingerprint density at radius 1 is 1.12 bits per heavy atom. The third-order valence-electron chi connectivity index (χ3n) is 5.08. The van der Waals surface area contributed by atoms with Gasteiger partial charge in [0, 0.05) is 18.1 Å². The normalized spacial score (nSPS) is 38.8. The van der Waals surface area contributed by atoms with Crippen molar-refractivity contribution in [2.45, 2.75) is 62.9 Å². The highest BCUT2D eigenvalue weighted by Gasteiger charge is 2.42. The lowest BCUT2D eigenvalue weighted by molar-refractivity contribution is 0.156. The Balaban J connectivity index is 1.62. The molecule has 0 amide bonds. The summed E-state index contributed by atoms with van der Waals surface area (Å²) in [5.41, 5.74) is 6.38. The highest BCUT2D eigenvalue weighted by atomic mass is 15.0. The third kappa shape index (κ3) is 2.58. The minimum Gasteiger partial charge on any atom is -0.329 e. The summed E-state index contributed by atoms with van der Waals surface area (Å²) in [6.45, 7) is 0.826. The van der Waals surface area contributed by atoms with E-state index >= 15 is 0 Å². The van der Waals surface area contributed by atoms with Crippen LogP contribution in [0, 0.1) is 11.8 Å². The number of hydrogen-bond donors (Lipinski definition) is 2. The molecule has 0 spiro atoms. The van der Waals surface area contributed by atoms with E-state index < -0.39 is 0 Å². The molecule has 2 saturated carbocycles. The van der Waals surface area contributed by atoms with E-state index in [1.54, 1.807) is 0 Å². The SMILES string of the molecule is NCC1(NC2CC=CC2)CCCC(C2CC2)C1. The highest BCUT2D eigenvalue weighted by molar-refractivity contribution is 5.04. The zero-order valence-corrected chi connectivity index (χ0v) is 10.8. The summed E-state index contributed by atoms with van der Waals surface area (Å²) in [5, 5.41) is 3.91. The van der Waals surface area contributed by atoms with Gasteiger partial charge in [-0.1, -0.05) is 25.0 Å². The van der Waals surface area contributed by atoms with Crippen LogP contribution in [-0.4, -0.2) is 18.1 Å². The molecular weight excluding hydrogens is 208 g/mol. The summed E-state index contributed by atoms with van der Waals surface area (Å²) in [6, 6.07) is 0.663. The summed E-state index contributed by atoms with van der Waals surface area (Å²) in [6.07, 6.45) is 15.5. The zero-order valence-electron chi connectivity index (χ0n) is 10.8. The highest BCUT2D eigenvalue weighted by Crippen LogP contribution is 2.46. The van der Waals surface area contributed by atoms with E-state index in [1.165, 1.54) is 51.4 Å². The molecule has 2 fully saturated rings. The van der Waals surface area contributed by atoms with Gasteiger partial charge in [-0.15, -0.1) is 0 Å². The van der Waals surface area contributed by atoms with Crippen molar-refractivity contribution in [2.24, 2.45) is 17.6 Å². The molecule has 2 heteroatoms. The molecule has 0 aromatic carbocycles. The molecule has 0 radical (unpaired) electrons. The van der Waals surface area contributed by atoms with Gasteiger partial charge in [-0.05, 0) is 50.4 Å². The molecule has 3 N–H and O–H groups in total. The number of rotatable bonds is 4. The Hall–Kier alpha value is -0.340. The average molecular weight is 234 g/mol. The molecular formula is C15H26N2. The molecule has 3 aliphatic rings. The minimum atomic E-state index is 0.266. The second kappa shape index (κ2) is 4.74. The van der Waals surface area contributed by atoms with Gasteiger partial charge in [0.15, 0.2) is 0 Å². The van der Waals surface area contributed by atoms with Gasteiger partial charge in [-0.3, -0.25) is 0 Å². The molecule has 96 valence electrons. The Bertz CT molecular complexity index is 283. The second-order valence-electron chi connectivity index (χ2n) is 6.46. The lowest BCUT2D eigenvalue weighted by atomic mass is 9.73. The fourth-order valence-electron chi connectivity index (χ4n) is 3.92. The molecule has 2 unspecified atom stereocenters. The lowest BCUT2D eigenvalue weighted by Gasteiger charge is -2.43. The monoisotopic (exact) mass is 234 g/mol. The first-order valence-electron chi connectivity index (χ1n) is 7.44. The van der Waals surface area contributed by atoms with E-state index in [0.717, 1.165) is 18.4 Å². The first-order valence-corrected chi connectivity index (χ1v) is 7.44. The van der Waals surface area contributed by atoms with Crippen molar-refractivity contribution < 1.29 is 0 Å². The van der Waals surface area contributed by atoms with E-state index in [-0.39, 0.29) is 5.54 Å². The topological polar surface area (TPSA) is 38.0 Å². The average Bonchev–Trinajstić information content (AvgIpc) is 3.10. The molecule has 0 bridgehead atoms. The number of nitrogens with two attached hydrogens (primary N) is 1. The third-order valence-corrected chi connectivity index (χ3v) is 5.08. The number of hydrogen-bond acceptors (Lipinski definition) is 2. The van der Waals surface area contributed by atoms with Crippen LogP contribution in [0.5, 0.6) is 0 Å². The molecule has 0 heterocycles. The lowest BCUT2D eigenvalue weighted by Crippen LogP contribution is -2.57. The first kappa shape index (κ1) is 11.7. The first-order chi connectivity index (χ1) is 8.31. The maximum Gasteiger partial charge on any atom is 0.0309 e. The van der Waals surface area contributed by atoms with Crippen molar-refractivity contribution in [3.63, 3.8) is 0 Å². The van der Waals surface area contributed by atoms with Crippen molar-refractivity contribution >= 4 is 0 Å². The Morgan fingerprint density at radius 2 is 1.88 bits per heavy atom. The molecule has 0 aromatic rings. The maximum atomic E-state index is 6.12. The zero-order chi connectivity index (χ0) is 11.7. The second-order valence-corrected chi connectivity index (χ2v) is 6.46. The summed E-state index contributed by atoms with van der Waals surface area (Å²) < 4.78 is 0. The Kier molecular flexibility index (Phi) is 3.27. The van der Waals surface area contributed by atoms with Crippen molar-refractivity contribution in [1.29, 1.82) is 0 Å². The molecule has 0 aromatic heterocycles. The Morgan fingerprint density at radius 3 is 2.53 bits per heavy atom. The molecule has 2 nitrogen and oxygen atoms in total. The summed E-state index contributed by atoms with van der Waals surface area (Å²) in [4.78, 5) is 0. The van der Waals surface area contributed by atoms with Crippen molar-refractivity contribution in [3.8, 4) is 0 Å². The van der Waals surface area contributed by atoms with Gasteiger partial charge in [-0.25, -0.2) is 0 Å². The predicted octanol–water partition coefficient (Wildman–Crippen LogP) is 2.59. The van der Waals surface area contributed by atoms with Gasteiger partial charge >= 0.3 is 0 Å². The van der Waals surface area contributed by atoms with Gasteiger partial charge in [0.05, 0.1) is 0 Å². The van der Waals surface area contributed by atoms with E-state index in [1.807, 2.05) is 0 Å². The van der Waals surface area contributed by atoms with E-state index in [0.29, 0.717) is 6.04 Å². The molecule has 0 aliphatic heterocycles. The van der Waals surface area contributed by atoms with Crippen LogP contribution in [0.2, 0.25) is 0 Å². The molecule has 2 atom stereocenters. The summed E-state index contributed by atoms with van der Waals surface area (Å²) >= 11 is 0. The maximum absolute atomic E-state index is 6.12. The predicted molar refractivity (Wildman–Crippen MR) is 71.8 cm³/mol. The summed E-state index contributed by atoms with van der Waals surface area (Å²) in [5.74, 6) is 2.01. The van der Waals surface area contributed by atoms with Crippen LogP contribution < -0.4 is 11.1 Å². The fraction of sp³-hybridized carbons (Fsp3) is 0.867. The van der Waals surface area contributed by atoms with Crippen LogP contribution in [0.3, 0.4) is 0 Å². The van der Waals surface area contributed by atoms with E-state index in [2.05, 4.69) is 17.5 Å². The minimum absolute atomic E-state index is 0.266. The van der Waals surface area contributed by atoms with Crippen LogP contribution in [-0.2, 0) is 0 Å². The van der Waals surface area contributed by atoms with Gasteiger partial charge in [0.25, 0.3) is 0 Å². The van der Waals surface area contributed by atoms with Gasteiger partial charge in [-0.2, -0.15) is 0 Å². The van der Waals surface area contributed by atoms with Crippen LogP contribution in [0.25, 0.3) is 0 Å². The van der Waals surface area contributed by atoms with Gasteiger partial charge in [0.2, 0.25) is 0 Å². The van der Waals surface area contributed by atoms with Crippen LogP contribution >= 0.6 is 0 Å². The molecule has 17 heavy (non-hydrogen) atoms. The van der Waals surface area contributed by atoms with Gasteiger partial charge < -0.3 is 11.1 Å². The quantitative estimate of drug-likeness (QED) is 0.734. The standard InChI is InChI=1S/C15H26N2/c16-11-15(17-14-5-1-2-6-14)9-3-4-13(10-15)12-7-8-12/h1-2,12-14,17H,3-11,16H2. The Labute approximate surface area is 105 Å². The van der Waals surface area contributed by atoms with Crippen LogP contribution in [0.1, 0.15) is 51.4 Å². The fourth-order valence-corrected chi connectivity index (χ4v) is 3.92. The number of nitrogens with one attached hydrogen (secondary N) is 1. The largest absolute Gasteiger partial charge is 0.329 e. The smallest absolute Gasteiger partial charge is 0.0309 e. The molecule has 3 rings (SSSR count).